The van der Waals surface area contributed by atoms with E-state index in [0.29, 0.717) is 10.8 Å². The van der Waals surface area contributed by atoms with Crippen molar-refractivity contribution in [1.29, 1.82) is 0 Å². The molecule has 1 saturated heterocycles. The molecule has 1 aliphatic heterocycles. The van der Waals surface area contributed by atoms with Crippen LogP contribution >= 0.6 is 36.4 Å². The van der Waals surface area contributed by atoms with Gasteiger partial charge in [-0.3, -0.25) is 4.90 Å². The molecule has 1 heterocycles. The molecule has 1 fully saturated rings. The Balaban J connectivity index is 0.00000220. The van der Waals surface area contributed by atoms with E-state index in [1.165, 1.54) is 0 Å². The zero-order valence-corrected chi connectivity index (χ0v) is 15.2. The fourth-order valence-corrected chi connectivity index (χ4v) is 3.10. The van der Waals surface area contributed by atoms with E-state index in [2.05, 4.69) is 16.8 Å². The second-order valence-electron chi connectivity index (χ2n) is 5.33. The number of rotatable bonds is 5. The van der Waals surface area contributed by atoms with Gasteiger partial charge < -0.3 is 10.4 Å². The van der Waals surface area contributed by atoms with E-state index in [9.17, 15) is 5.11 Å². The van der Waals surface area contributed by atoms with Crippen LogP contribution in [-0.4, -0.2) is 36.2 Å². The molecule has 126 valence electrons. The first-order valence-electron chi connectivity index (χ1n) is 7.18. The van der Waals surface area contributed by atoms with Gasteiger partial charge in [-0.05, 0) is 37.5 Å². The molecular formula is C16H25Cl3N2O. The fraction of sp³-hybridized carbons (Fsp3) is 0.500. The van der Waals surface area contributed by atoms with Crippen molar-refractivity contribution in [3.8, 4) is 5.75 Å². The Morgan fingerprint density at radius 1 is 1.36 bits per heavy atom. The number of nitrogens with one attached hydrogen (secondary N) is 1. The van der Waals surface area contributed by atoms with Crippen LogP contribution in [-0.2, 0) is 0 Å². The second kappa shape index (κ2) is 10.3. The van der Waals surface area contributed by atoms with Crippen molar-refractivity contribution in [2.24, 2.45) is 0 Å². The van der Waals surface area contributed by atoms with Crippen LogP contribution in [0.25, 0.3) is 0 Å². The van der Waals surface area contributed by atoms with E-state index in [-0.39, 0.29) is 30.9 Å². The SMILES string of the molecule is C=CCC[C@H](c1cc(Cl)cc(C)c1O)N1CCNCC1.Cl.Cl. The van der Waals surface area contributed by atoms with Crippen molar-refractivity contribution >= 4 is 36.4 Å². The molecule has 6 heteroatoms. The molecule has 0 bridgehead atoms. The molecule has 0 aliphatic carbocycles. The third-order valence-corrected chi connectivity index (χ3v) is 4.11. The Bertz CT molecular complexity index is 477. The zero-order valence-electron chi connectivity index (χ0n) is 12.8. The summed E-state index contributed by atoms with van der Waals surface area (Å²) in [5, 5.41) is 14.4. The number of hydrogen-bond donors (Lipinski definition) is 2. The van der Waals surface area contributed by atoms with Crippen molar-refractivity contribution in [3.05, 3.63) is 40.9 Å². The van der Waals surface area contributed by atoms with Gasteiger partial charge in [0.15, 0.2) is 0 Å². The Kier molecular flexibility index (Phi) is 10.1. The molecular weight excluding hydrogens is 343 g/mol. The topological polar surface area (TPSA) is 35.5 Å². The third kappa shape index (κ3) is 5.32. The van der Waals surface area contributed by atoms with Gasteiger partial charge in [-0.2, -0.15) is 0 Å². The molecule has 0 unspecified atom stereocenters. The van der Waals surface area contributed by atoms with Crippen LogP contribution in [0.2, 0.25) is 5.02 Å². The van der Waals surface area contributed by atoms with Crippen LogP contribution in [0.15, 0.2) is 24.8 Å². The van der Waals surface area contributed by atoms with Crippen LogP contribution in [0.5, 0.6) is 5.75 Å². The highest BCUT2D eigenvalue weighted by atomic mass is 35.5. The number of phenols is 1. The van der Waals surface area contributed by atoms with E-state index < -0.39 is 0 Å². The lowest BCUT2D eigenvalue weighted by Crippen LogP contribution is -2.45. The first-order valence-corrected chi connectivity index (χ1v) is 7.56. The van der Waals surface area contributed by atoms with Crippen molar-refractivity contribution in [3.63, 3.8) is 0 Å². The highest BCUT2D eigenvalue weighted by Crippen LogP contribution is 2.36. The van der Waals surface area contributed by atoms with Gasteiger partial charge >= 0.3 is 0 Å². The number of nitrogens with zero attached hydrogens (tertiary/aromatic N) is 1. The molecule has 1 atom stereocenters. The maximum Gasteiger partial charge on any atom is 0.123 e. The molecule has 0 radical (unpaired) electrons. The molecule has 22 heavy (non-hydrogen) atoms. The number of aromatic hydroxyl groups is 1. The van der Waals surface area contributed by atoms with Crippen LogP contribution < -0.4 is 5.32 Å². The van der Waals surface area contributed by atoms with Gasteiger partial charge in [0.05, 0.1) is 0 Å². The predicted molar refractivity (Wildman–Crippen MR) is 99.0 cm³/mol. The predicted octanol–water partition coefficient (Wildman–Crippen LogP) is 4.11. The molecule has 2 rings (SSSR count). The number of benzene rings is 1. The first-order chi connectivity index (χ1) is 9.63. The largest absolute Gasteiger partial charge is 0.507 e. The van der Waals surface area contributed by atoms with Crippen molar-refractivity contribution in [1.82, 2.24) is 10.2 Å². The molecule has 2 N–H and O–H groups in total. The Morgan fingerprint density at radius 2 is 2.00 bits per heavy atom. The van der Waals surface area contributed by atoms with E-state index in [1.807, 2.05) is 25.1 Å². The molecule has 1 aliphatic rings. The Hall–Kier alpha value is -0.450. The summed E-state index contributed by atoms with van der Waals surface area (Å²) in [4.78, 5) is 2.42. The summed E-state index contributed by atoms with van der Waals surface area (Å²) < 4.78 is 0. The number of aryl methyl sites for hydroxylation is 1. The fourth-order valence-electron chi connectivity index (χ4n) is 2.82. The summed E-state index contributed by atoms with van der Waals surface area (Å²) in [5.74, 6) is 0.377. The van der Waals surface area contributed by atoms with E-state index in [4.69, 9.17) is 11.6 Å². The van der Waals surface area contributed by atoms with E-state index in [0.717, 1.165) is 50.1 Å². The average Bonchev–Trinajstić information content (AvgIpc) is 2.45. The van der Waals surface area contributed by atoms with Crippen LogP contribution in [0.1, 0.15) is 30.0 Å². The third-order valence-electron chi connectivity index (χ3n) is 3.89. The number of piperazine rings is 1. The first kappa shape index (κ1) is 21.6. The quantitative estimate of drug-likeness (QED) is 0.769. The molecule has 0 aromatic heterocycles. The number of halogens is 3. The van der Waals surface area contributed by atoms with Crippen LogP contribution in [0.3, 0.4) is 0 Å². The van der Waals surface area contributed by atoms with Gasteiger partial charge in [-0.1, -0.05) is 17.7 Å². The van der Waals surface area contributed by atoms with Gasteiger partial charge in [0, 0.05) is 42.8 Å². The average molecular weight is 368 g/mol. The van der Waals surface area contributed by atoms with Crippen molar-refractivity contribution in [2.45, 2.75) is 25.8 Å². The number of allylic oxidation sites excluding steroid dienone is 1. The minimum absolute atomic E-state index is 0. The van der Waals surface area contributed by atoms with Crippen molar-refractivity contribution < 1.29 is 5.11 Å². The summed E-state index contributed by atoms with van der Waals surface area (Å²) >= 11 is 6.18. The zero-order chi connectivity index (χ0) is 14.5. The Morgan fingerprint density at radius 3 is 2.59 bits per heavy atom. The van der Waals surface area contributed by atoms with Gasteiger partial charge in [-0.25, -0.2) is 0 Å². The van der Waals surface area contributed by atoms with Gasteiger partial charge in [0.25, 0.3) is 0 Å². The summed E-state index contributed by atoms with van der Waals surface area (Å²) in [7, 11) is 0. The standard InChI is InChI=1S/C16H23ClN2O.2ClH/c1-3-4-5-15(19-8-6-18-7-9-19)14-11-13(17)10-12(2)16(14)20;;/h3,10-11,15,18,20H,1,4-9H2,2H3;2*1H/t15-;;/m1../s1. The lowest BCUT2D eigenvalue weighted by Gasteiger charge is -2.35. The van der Waals surface area contributed by atoms with Crippen molar-refractivity contribution in [2.75, 3.05) is 26.2 Å². The summed E-state index contributed by atoms with van der Waals surface area (Å²) in [6.07, 6.45) is 3.82. The number of phenolic OH excluding ortho intramolecular Hbond substituents is 1. The maximum absolute atomic E-state index is 10.4. The minimum Gasteiger partial charge on any atom is -0.507 e. The highest BCUT2D eigenvalue weighted by Gasteiger charge is 2.24. The van der Waals surface area contributed by atoms with E-state index in [1.54, 1.807) is 0 Å². The minimum atomic E-state index is 0. The number of hydrogen-bond acceptors (Lipinski definition) is 3. The molecule has 0 spiro atoms. The molecule has 0 saturated carbocycles. The summed E-state index contributed by atoms with van der Waals surface area (Å²) in [5.41, 5.74) is 1.78. The van der Waals surface area contributed by atoms with Crippen LogP contribution in [0, 0.1) is 6.92 Å². The lowest BCUT2D eigenvalue weighted by molar-refractivity contribution is 0.163. The van der Waals surface area contributed by atoms with Gasteiger partial charge in [0.1, 0.15) is 5.75 Å². The summed E-state index contributed by atoms with van der Waals surface area (Å²) in [6.45, 7) is 9.67. The van der Waals surface area contributed by atoms with E-state index >= 15 is 0 Å². The smallest absolute Gasteiger partial charge is 0.123 e. The maximum atomic E-state index is 10.4. The van der Waals surface area contributed by atoms with Crippen LogP contribution in [0.4, 0.5) is 0 Å². The normalized spacial score (nSPS) is 16.3. The summed E-state index contributed by atoms with van der Waals surface area (Å²) in [6, 6.07) is 3.91. The second-order valence-corrected chi connectivity index (χ2v) is 5.76. The Labute approximate surface area is 150 Å². The molecule has 1 aromatic rings. The molecule has 3 nitrogen and oxygen atoms in total. The highest BCUT2D eigenvalue weighted by molar-refractivity contribution is 6.30. The monoisotopic (exact) mass is 366 g/mol. The molecule has 1 aromatic carbocycles. The molecule has 0 amide bonds. The lowest BCUT2D eigenvalue weighted by atomic mass is 9.96. The van der Waals surface area contributed by atoms with Gasteiger partial charge in [0.2, 0.25) is 0 Å². The van der Waals surface area contributed by atoms with Gasteiger partial charge in [-0.15, -0.1) is 31.4 Å².